The highest BCUT2D eigenvalue weighted by atomic mass is 16.5. The lowest BCUT2D eigenvalue weighted by Crippen LogP contribution is -2.39. The van der Waals surface area contributed by atoms with Crippen molar-refractivity contribution >= 4 is 5.82 Å². The van der Waals surface area contributed by atoms with Crippen LogP contribution in [0.25, 0.3) is 0 Å². The first kappa shape index (κ1) is 16.2. The molecule has 1 N–H and O–H groups in total. The smallest absolute Gasteiger partial charge is 0.161 e. The number of aromatic nitrogens is 2. The molecule has 1 aromatic rings. The van der Waals surface area contributed by atoms with Gasteiger partial charge in [0.05, 0.1) is 6.61 Å². The summed E-state index contributed by atoms with van der Waals surface area (Å²) in [4.78, 5) is 11.8. The molecule has 0 amide bonds. The Kier molecular flexibility index (Phi) is 5.94. The van der Waals surface area contributed by atoms with E-state index in [-0.39, 0.29) is 6.10 Å². The van der Waals surface area contributed by atoms with E-state index in [0.29, 0.717) is 0 Å². The highest BCUT2D eigenvalue weighted by Gasteiger charge is 2.24. The maximum absolute atomic E-state index is 5.90. The fraction of sp³-hybridized carbons (Fsp3) is 0.750. The molecular weight excluding hydrogens is 264 g/mol. The molecule has 5 heteroatoms. The minimum absolute atomic E-state index is 0.00761. The van der Waals surface area contributed by atoms with Crippen molar-refractivity contribution in [1.29, 1.82) is 0 Å². The Labute approximate surface area is 128 Å². The number of morpholine rings is 1. The molecule has 1 aromatic heterocycles. The van der Waals surface area contributed by atoms with Gasteiger partial charge in [-0.05, 0) is 33.2 Å². The summed E-state index contributed by atoms with van der Waals surface area (Å²) in [6.45, 7) is 13.2. The van der Waals surface area contributed by atoms with Crippen LogP contribution in [0.15, 0.2) is 0 Å². The van der Waals surface area contributed by atoms with Crippen LogP contribution >= 0.6 is 0 Å². The third-order valence-electron chi connectivity index (χ3n) is 3.93. The Morgan fingerprint density at radius 3 is 2.76 bits per heavy atom. The maximum Gasteiger partial charge on any atom is 0.161 e. The molecule has 0 aromatic carbocycles. The molecule has 0 aliphatic carbocycles. The summed E-state index contributed by atoms with van der Waals surface area (Å²) in [6.07, 6.45) is 2.25. The SMILES string of the molecule is CCCNc1nc(C2CN(CCC)CCO2)nc(C)c1C. The molecule has 21 heavy (non-hydrogen) atoms. The van der Waals surface area contributed by atoms with Gasteiger partial charge in [-0.25, -0.2) is 9.97 Å². The Morgan fingerprint density at radius 2 is 2.05 bits per heavy atom. The summed E-state index contributed by atoms with van der Waals surface area (Å²) in [5.41, 5.74) is 2.17. The predicted molar refractivity (Wildman–Crippen MR) is 85.7 cm³/mol. The van der Waals surface area contributed by atoms with Gasteiger partial charge in [-0.1, -0.05) is 13.8 Å². The minimum atomic E-state index is -0.00761. The Balaban J connectivity index is 2.16. The molecule has 1 atom stereocenters. The number of hydrogen-bond donors (Lipinski definition) is 1. The summed E-state index contributed by atoms with van der Waals surface area (Å²) < 4.78 is 5.90. The third kappa shape index (κ3) is 4.14. The Bertz CT molecular complexity index is 462. The van der Waals surface area contributed by atoms with Crippen molar-refractivity contribution in [3.8, 4) is 0 Å². The molecule has 1 aliphatic heterocycles. The van der Waals surface area contributed by atoms with Gasteiger partial charge in [0.25, 0.3) is 0 Å². The lowest BCUT2D eigenvalue weighted by Gasteiger charge is -2.32. The van der Waals surface area contributed by atoms with Crippen molar-refractivity contribution in [3.63, 3.8) is 0 Å². The second-order valence-corrected chi connectivity index (χ2v) is 5.73. The largest absolute Gasteiger partial charge is 0.370 e. The van der Waals surface area contributed by atoms with Gasteiger partial charge in [-0.3, -0.25) is 4.90 Å². The monoisotopic (exact) mass is 292 g/mol. The third-order valence-corrected chi connectivity index (χ3v) is 3.93. The minimum Gasteiger partial charge on any atom is -0.370 e. The van der Waals surface area contributed by atoms with E-state index in [1.54, 1.807) is 0 Å². The van der Waals surface area contributed by atoms with Crippen molar-refractivity contribution in [2.75, 3.05) is 38.1 Å². The number of hydrogen-bond acceptors (Lipinski definition) is 5. The molecule has 0 saturated carbocycles. The van der Waals surface area contributed by atoms with E-state index in [9.17, 15) is 0 Å². The van der Waals surface area contributed by atoms with E-state index in [1.807, 2.05) is 6.92 Å². The zero-order chi connectivity index (χ0) is 15.2. The van der Waals surface area contributed by atoms with Crippen LogP contribution in [-0.2, 0) is 4.74 Å². The summed E-state index contributed by atoms with van der Waals surface area (Å²) in [6, 6.07) is 0. The zero-order valence-electron chi connectivity index (χ0n) is 13.8. The fourth-order valence-electron chi connectivity index (χ4n) is 2.59. The molecule has 118 valence electrons. The van der Waals surface area contributed by atoms with Crippen molar-refractivity contribution < 1.29 is 4.74 Å². The maximum atomic E-state index is 5.90. The number of anilines is 1. The topological polar surface area (TPSA) is 50.3 Å². The number of nitrogens with one attached hydrogen (secondary N) is 1. The van der Waals surface area contributed by atoms with Crippen molar-refractivity contribution in [2.45, 2.75) is 46.6 Å². The number of nitrogens with zero attached hydrogens (tertiary/aromatic N) is 3. The normalized spacial score (nSPS) is 19.7. The average molecular weight is 292 g/mol. The zero-order valence-corrected chi connectivity index (χ0v) is 13.8. The molecule has 1 aliphatic rings. The lowest BCUT2D eigenvalue weighted by molar-refractivity contribution is -0.0342. The van der Waals surface area contributed by atoms with E-state index in [1.165, 1.54) is 6.42 Å². The highest BCUT2D eigenvalue weighted by molar-refractivity contribution is 5.45. The summed E-state index contributed by atoms with van der Waals surface area (Å²) in [7, 11) is 0. The fourth-order valence-corrected chi connectivity index (χ4v) is 2.59. The van der Waals surface area contributed by atoms with E-state index < -0.39 is 0 Å². The van der Waals surface area contributed by atoms with Crippen LogP contribution < -0.4 is 5.32 Å². The summed E-state index contributed by atoms with van der Waals surface area (Å²) in [5, 5.41) is 3.40. The van der Waals surface area contributed by atoms with Gasteiger partial charge in [0.1, 0.15) is 11.9 Å². The molecule has 2 heterocycles. The summed E-state index contributed by atoms with van der Waals surface area (Å²) >= 11 is 0. The van der Waals surface area contributed by atoms with Gasteiger partial charge in [0.2, 0.25) is 0 Å². The first-order valence-electron chi connectivity index (χ1n) is 8.08. The van der Waals surface area contributed by atoms with Crippen LogP contribution in [0.2, 0.25) is 0 Å². The van der Waals surface area contributed by atoms with Gasteiger partial charge in [-0.2, -0.15) is 0 Å². The van der Waals surface area contributed by atoms with E-state index in [4.69, 9.17) is 9.72 Å². The quantitative estimate of drug-likeness (QED) is 0.873. The van der Waals surface area contributed by atoms with Gasteiger partial charge in [0, 0.05) is 30.9 Å². The molecular formula is C16H28N4O. The first-order chi connectivity index (χ1) is 10.2. The highest BCUT2D eigenvalue weighted by Crippen LogP contribution is 2.23. The van der Waals surface area contributed by atoms with Gasteiger partial charge < -0.3 is 10.1 Å². The molecule has 1 unspecified atom stereocenters. The van der Waals surface area contributed by atoms with Crippen molar-refractivity contribution in [1.82, 2.24) is 14.9 Å². The van der Waals surface area contributed by atoms with Crippen LogP contribution in [0, 0.1) is 13.8 Å². The standard InChI is InChI=1S/C16H28N4O/c1-5-7-17-15-12(3)13(4)18-16(19-15)14-11-20(8-6-2)9-10-21-14/h14H,5-11H2,1-4H3,(H,17,18,19). The predicted octanol–water partition coefficient (Wildman–Crippen LogP) is 2.70. The van der Waals surface area contributed by atoms with Crippen molar-refractivity contribution in [2.24, 2.45) is 0 Å². The number of rotatable bonds is 6. The van der Waals surface area contributed by atoms with Crippen LogP contribution in [0.3, 0.4) is 0 Å². The van der Waals surface area contributed by atoms with Crippen LogP contribution in [0.5, 0.6) is 0 Å². The van der Waals surface area contributed by atoms with Gasteiger partial charge in [0.15, 0.2) is 5.82 Å². The molecule has 2 rings (SSSR count). The first-order valence-corrected chi connectivity index (χ1v) is 8.08. The summed E-state index contributed by atoms with van der Waals surface area (Å²) in [5.74, 6) is 1.77. The second kappa shape index (κ2) is 7.71. The second-order valence-electron chi connectivity index (χ2n) is 5.73. The van der Waals surface area contributed by atoms with Crippen LogP contribution in [0.1, 0.15) is 49.9 Å². The molecule has 1 saturated heterocycles. The van der Waals surface area contributed by atoms with Gasteiger partial charge >= 0.3 is 0 Å². The van der Waals surface area contributed by atoms with E-state index >= 15 is 0 Å². The number of aryl methyl sites for hydroxylation is 1. The molecule has 5 nitrogen and oxygen atoms in total. The molecule has 0 bridgehead atoms. The van der Waals surface area contributed by atoms with Gasteiger partial charge in [-0.15, -0.1) is 0 Å². The molecule has 1 fully saturated rings. The van der Waals surface area contributed by atoms with Crippen LogP contribution in [0.4, 0.5) is 5.82 Å². The van der Waals surface area contributed by atoms with Crippen LogP contribution in [-0.4, -0.2) is 47.7 Å². The van der Waals surface area contributed by atoms with E-state index in [2.05, 4.69) is 36.0 Å². The Hall–Kier alpha value is -1.20. The van der Waals surface area contributed by atoms with E-state index in [0.717, 1.165) is 62.1 Å². The molecule has 0 radical (unpaired) electrons. The lowest BCUT2D eigenvalue weighted by atomic mass is 10.2. The average Bonchev–Trinajstić information content (AvgIpc) is 2.49. The number of ether oxygens (including phenoxy) is 1. The molecule has 0 spiro atoms. The Morgan fingerprint density at radius 1 is 1.24 bits per heavy atom. The van der Waals surface area contributed by atoms with Crippen molar-refractivity contribution in [3.05, 3.63) is 17.1 Å².